The van der Waals surface area contributed by atoms with Crippen molar-refractivity contribution in [1.29, 1.82) is 0 Å². The predicted octanol–water partition coefficient (Wildman–Crippen LogP) is 4.52. The van der Waals surface area contributed by atoms with Crippen molar-refractivity contribution < 1.29 is 0 Å². The van der Waals surface area contributed by atoms with Crippen molar-refractivity contribution in [2.45, 2.75) is 60.3 Å². The second-order valence-corrected chi connectivity index (χ2v) is 7.66. The van der Waals surface area contributed by atoms with E-state index in [1.54, 1.807) is 0 Å². The number of aliphatic imine (C=N–C) groups is 1. The Morgan fingerprint density at radius 1 is 1.10 bits per heavy atom. The molecule has 6 nitrogen and oxygen atoms in total. The second-order valence-electron chi connectivity index (χ2n) is 7.66. The molecule has 2 heterocycles. The number of fused-ring (bicyclic) bond motifs is 1. The van der Waals surface area contributed by atoms with Crippen LogP contribution >= 0.6 is 0 Å². The van der Waals surface area contributed by atoms with Crippen LogP contribution in [0.2, 0.25) is 0 Å². The monoisotopic (exact) mass is 393 g/mol. The lowest BCUT2D eigenvalue weighted by Gasteiger charge is -2.20. The fourth-order valence-electron chi connectivity index (χ4n) is 3.72. The maximum absolute atomic E-state index is 13.1. The van der Waals surface area contributed by atoms with Gasteiger partial charge in [0.1, 0.15) is 5.71 Å². The molecule has 0 amide bonds. The van der Waals surface area contributed by atoms with Gasteiger partial charge in [-0.05, 0) is 57.4 Å². The first-order valence-electron chi connectivity index (χ1n) is 10.6. The lowest BCUT2D eigenvalue weighted by molar-refractivity contribution is 0.704. The third-order valence-electron chi connectivity index (χ3n) is 5.26. The molecular formula is C23H31N5O. The number of hydrogen-bond acceptors (Lipinski definition) is 5. The van der Waals surface area contributed by atoms with E-state index in [-0.39, 0.29) is 11.5 Å². The maximum atomic E-state index is 13.1. The number of benzene rings is 1. The molecule has 1 aromatic heterocycles. The highest BCUT2D eigenvalue weighted by Crippen LogP contribution is 2.23. The Balaban J connectivity index is 2.06. The number of anilines is 1. The van der Waals surface area contributed by atoms with Crippen LogP contribution in [0.3, 0.4) is 0 Å². The van der Waals surface area contributed by atoms with Gasteiger partial charge in [0.05, 0.1) is 17.1 Å². The van der Waals surface area contributed by atoms with Crippen molar-refractivity contribution in [3.05, 3.63) is 51.7 Å². The quantitative estimate of drug-likeness (QED) is 0.694. The zero-order valence-corrected chi connectivity index (χ0v) is 18.4. The van der Waals surface area contributed by atoms with Crippen LogP contribution in [-0.4, -0.2) is 34.2 Å². The second kappa shape index (κ2) is 8.72. The SMILES string of the molecule is CCCc1c(C(C)C)nc2n(c1=O)N=C(C)C2=Nc1ccc(N(CC)CC)cc1. The summed E-state index contributed by atoms with van der Waals surface area (Å²) in [5, 5.41) is 4.46. The Labute approximate surface area is 173 Å². The molecule has 0 bridgehead atoms. The molecule has 1 aliphatic rings. The van der Waals surface area contributed by atoms with Crippen LogP contribution in [-0.2, 0) is 6.42 Å². The zero-order chi connectivity index (χ0) is 21.1. The first kappa shape index (κ1) is 21.0. The molecule has 29 heavy (non-hydrogen) atoms. The van der Waals surface area contributed by atoms with Crippen LogP contribution < -0.4 is 10.5 Å². The van der Waals surface area contributed by atoms with Crippen LogP contribution in [0.1, 0.15) is 71.0 Å². The average molecular weight is 394 g/mol. The summed E-state index contributed by atoms with van der Waals surface area (Å²) in [5.74, 6) is 0.717. The molecule has 0 spiro atoms. The number of rotatable bonds is 7. The van der Waals surface area contributed by atoms with Gasteiger partial charge in [-0.2, -0.15) is 9.78 Å². The Morgan fingerprint density at radius 3 is 2.31 bits per heavy atom. The van der Waals surface area contributed by atoms with Crippen molar-refractivity contribution in [1.82, 2.24) is 9.66 Å². The van der Waals surface area contributed by atoms with Crippen molar-refractivity contribution in [3.8, 4) is 0 Å². The lowest BCUT2D eigenvalue weighted by atomic mass is 10.0. The number of hydrogen-bond donors (Lipinski definition) is 0. The van der Waals surface area contributed by atoms with E-state index < -0.39 is 0 Å². The van der Waals surface area contributed by atoms with Gasteiger partial charge >= 0.3 is 0 Å². The van der Waals surface area contributed by atoms with Crippen molar-refractivity contribution in [2.24, 2.45) is 10.1 Å². The van der Waals surface area contributed by atoms with Gasteiger partial charge in [-0.1, -0.05) is 27.2 Å². The van der Waals surface area contributed by atoms with Crippen LogP contribution in [0.5, 0.6) is 0 Å². The fraction of sp³-hybridized carbons (Fsp3) is 0.478. The third kappa shape index (κ3) is 4.02. The summed E-state index contributed by atoms with van der Waals surface area (Å²) in [6.07, 6.45) is 1.62. The Morgan fingerprint density at radius 2 is 1.76 bits per heavy atom. The summed E-state index contributed by atoms with van der Waals surface area (Å²) in [6.45, 7) is 14.3. The standard InChI is InChI=1S/C23H31N5O/c1-7-10-19-20(15(4)5)25-22-21(16(6)26-28(22)23(19)29)24-17-11-13-18(14-12-17)27(8-2)9-3/h11-15H,7-10H2,1-6H3. The predicted molar refractivity (Wildman–Crippen MR) is 121 cm³/mol. The minimum atomic E-state index is -0.0676. The van der Waals surface area contributed by atoms with Crippen LogP contribution in [0.4, 0.5) is 11.4 Å². The Kier molecular flexibility index (Phi) is 6.30. The normalized spacial score (nSPS) is 14.4. The highest BCUT2D eigenvalue weighted by atomic mass is 16.1. The molecule has 0 radical (unpaired) electrons. The zero-order valence-electron chi connectivity index (χ0n) is 18.4. The summed E-state index contributed by atoms with van der Waals surface area (Å²) < 4.78 is 1.43. The van der Waals surface area contributed by atoms with Gasteiger partial charge in [0.25, 0.3) is 5.56 Å². The molecule has 3 rings (SSSR count). The van der Waals surface area contributed by atoms with E-state index in [0.717, 1.165) is 36.5 Å². The van der Waals surface area contributed by atoms with Gasteiger partial charge in [0.2, 0.25) is 0 Å². The summed E-state index contributed by atoms with van der Waals surface area (Å²) in [6, 6.07) is 8.17. The minimum absolute atomic E-state index is 0.0676. The van der Waals surface area contributed by atoms with Crippen molar-refractivity contribution in [3.63, 3.8) is 0 Å². The van der Waals surface area contributed by atoms with Crippen LogP contribution in [0, 0.1) is 0 Å². The largest absolute Gasteiger partial charge is 0.372 e. The molecule has 0 aliphatic carbocycles. The summed E-state index contributed by atoms with van der Waals surface area (Å²) in [4.78, 5) is 25.0. The lowest BCUT2D eigenvalue weighted by Crippen LogP contribution is -2.27. The first-order valence-corrected chi connectivity index (χ1v) is 10.6. The Hall–Kier alpha value is -2.76. The first-order chi connectivity index (χ1) is 13.9. The molecular weight excluding hydrogens is 362 g/mol. The van der Waals surface area contributed by atoms with Gasteiger partial charge in [0, 0.05) is 24.3 Å². The molecule has 1 aromatic carbocycles. The van der Waals surface area contributed by atoms with Crippen molar-refractivity contribution >= 4 is 22.8 Å². The van der Waals surface area contributed by atoms with Gasteiger partial charge in [-0.25, -0.2) is 9.98 Å². The maximum Gasteiger partial charge on any atom is 0.277 e. The molecule has 0 saturated carbocycles. The molecule has 0 atom stereocenters. The Bertz CT molecular complexity index is 995. The number of aromatic nitrogens is 2. The third-order valence-corrected chi connectivity index (χ3v) is 5.26. The molecule has 0 N–H and O–H groups in total. The van der Waals surface area contributed by atoms with E-state index in [1.807, 2.05) is 19.1 Å². The topological polar surface area (TPSA) is 62.9 Å². The molecule has 6 heteroatoms. The van der Waals surface area contributed by atoms with E-state index in [0.29, 0.717) is 23.7 Å². The molecule has 0 saturated heterocycles. The molecule has 2 aromatic rings. The van der Waals surface area contributed by atoms with Gasteiger partial charge in [-0.3, -0.25) is 4.79 Å². The van der Waals surface area contributed by atoms with Gasteiger partial charge in [0.15, 0.2) is 5.82 Å². The molecule has 154 valence electrons. The fourth-order valence-corrected chi connectivity index (χ4v) is 3.72. The van der Waals surface area contributed by atoms with Gasteiger partial charge in [-0.15, -0.1) is 0 Å². The van der Waals surface area contributed by atoms with Crippen LogP contribution in [0.15, 0.2) is 39.2 Å². The van der Waals surface area contributed by atoms with E-state index in [1.165, 1.54) is 10.4 Å². The van der Waals surface area contributed by atoms with E-state index in [2.05, 4.69) is 56.8 Å². The van der Waals surface area contributed by atoms with Gasteiger partial charge < -0.3 is 4.90 Å². The molecule has 0 fully saturated rings. The summed E-state index contributed by atoms with van der Waals surface area (Å²) >= 11 is 0. The van der Waals surface area contributed by atoms with Crippen molar-refractivity contribution in [2.75, 3.05) is 18.0 Å². The smallest absolute Gasteiger partial charge is 0.277 e. The highest BCUT2D eigenvalue weighted by molar-refractivity contribution is 6.48. The van der Waals surface area contributed by atoms with E-state index in [9.17, 15) is 4.79 Å². The summed E-state index contributed by atoms with van der Waals surface area (Å²) in [5.41, 5.74) is 4.95. The average Bonchev–Trinajstić information content (AvgIpc) is 3.02. The molecule has 0 unspecified atom stereocenters. The van der Waals surface area contributed by atoms with Crippen LogP contribution in [0.25, 0.3) is 0 Å². The van der Waals surface area contributed by atoms with E-state index >= 15 is 0 Å². The van der Waals surface area contributed by atoms with E-state index in [4.69, 9.17) is 9.98 Å². The minimum Gasteiger partial charge on any atom is -0.372 e. The number of nitrogens with zero attached hydrogens (tertiary/aromatic N) is 5. The molecule has 1 aliphatic heterocycles. The summed E-state index contributed by atoms with van der Waals surface area (Å²) in [7, 11) is 0. The highest BCUT2D eigenvalue weighted by Gasteiger charge is 2.27.